The third-order valence-electron chi connectivity index (χ3n) is 7.19. The normalized spacial score (nSPS) is 19.1. The molecule has 0 aliphatic carbocycles. The highest BCUT2D eigenvalue weighted by molar-refractivity contribution is 7.98. The average molecular weight is 516 g/mol. The first-order chi connectivity index (χ1) is 17.4. The molecule has 2 aromatic rings. The molecule has 2 saturated heterocycles. The largest absolute Gasteiger partial charge is 0.497 e. The highest BCUT2D eigenvalue weighted by Gasteiger charge is 2.51. The summed E-state index contributed by atoms with van der Waals surface area (Å²) < 4.78 is 25.2. The van der Waals surface area contributed by atoms with E-state index >= 15 is 0 Å². The van der Waals surface area contributed by atoms with Crippen LogP contribution in [-0.2, 0) is 22.6 Å². The first-order valence-corrected chi connectivity index (χ1v) is 13.6. The predicted molar refractivity (Wildman–Crippen MR) is 139 cm³/mol. The summed E-state index contributed by atoms with van der Waals surface area (Å²) in [5, 5.41) is 3.59. The average Bonchev–Trinajstić information content (AvgIpc) is 3.14. The molecule has 1 N–H and O–H groups in total. The molecule has 1 unspecified atom stereocenters. The molecule has 194 valence electrons. The molecule has 2 fully saturated rings. The zero-order valence-electron chi connectivity index (χ0n) is 21.1. The molecule has 4 rings (SSSR count). The van der Waals surface area contributed by atoms with Gasteiger partial charge in [0.05, 0.1) is 38.9 Å². The summed E-state index contributed by atoms with van der Waals surface area (Å²) in [6, 6.07) is 11.7. The van der Waals surface area contributed by atoms with Crippen molar-refractivity contribution in [1.29, 1.82) is 0 Å². The third kappa shape index (κ3) is 5.47. The topological polar surface area (TPSA) is 71.1 Å². The maximum Gasteiger partial charge on any atom is 0.241 e. The number of thioether (sulfide) groups is 1. The Morgan fingerprint density at radius 2 is 1.89 bits per heavy atom. The van der Waals surface area contributed by atoms with Gasteiger partial charge in [-0.05, 0) is 42.7 Å². The van der Waals surface area contributed by atoms with Gasteiger partial charge < -0.3 is 19.3 Å². The quantitative estimate of drug-likeness (QED) is 0.552. The molecule has 0 bridgehead atoms. The van der Waals surface area contributed by atoms with Gasteiger partial charge in [-0.1, -0.05) is 18.2 Å². The smallest absolute Gasteiger partial charge is 0.241 e. The Morgan fingerprint density at radius 3 is 2.56 bits per heavy atom. The number of carbonyl (C=O) groups is 2. The van der Waals surface area contributed by atoms with Crippen LogP contribution in [0.3, 0.4) is 0 Å². The number of hydrogen-bond acceptors (Lipinski definition) is 6. The van der Waals surface area contributed by atoms with Gasteiger partial charge in [-0.15, -0.1) is 0 Å². The molecular formula is C27H34FN3O4S. The highest BCUT2D eigenvalue weighted by Crippen LogP contribution is 2.35. The highest BCUT2D eigenvalue weighted by atomic mass is 32.2. The van der Waals surface area contributed by atoms with Crippen molar-refractivity contribution in [3.8, 4) is 11.5 Å². The van der Waals surface area contributed by atoms with Crippen molar-refractivity contribution < 1.29 is 23.5 Å². The summed E-state index contributed by atoms with van der Waals surface area (Å²) in [7, 11) is 3.17. The standard InChI is InChI=1S/C27H34FN3O4S/c1-34-21-8-9-24(35-2)20(16-21)17-25(32)30-13-11-27(12-14-30)29-23(10-15-36-3)26(33)31(27)18-19-6-4-5-7-22(19)28/h4-9,16,23,29H,10-15,17-18H2,1-3H3. The molecule has 9 heteroatoms. The number of nitrogens with one attached hydrogen (secondary N) is 1. The van der Waals surface area contributed by atoms with Crippen LogP contribution in [0.2, 0.25) is 0 Å². The van der Waals surface area contributed by atoms with Crippen LogP contribution in [0.1, 0.15) is 30.4 Å². The molecule has 2 aromatic carbocycles. The van der Waals surface area contributed by atoms with Gasteiger partial charge in [0.15, 0.2) is 0 Å². The van der Waals surface area contributed by atoms with Crippen molar-refractivity contribution in [3.63, 3.8) is 0 Å². The van der Waals surface area contributed by atoms with Gasteiger partial charge in [-0.25, -0.2) is 4.39 Å². The second-order valence-electron chi connectivity index (χ2n) is 9.26. The fourth-order valence-electron chi connectivity index (χ4n) is 5.16. The van der Waals surface area contributed by atoms with Crippen molar-refractivity contribution >= 4 is 23.6 Å². The van der Waals surface area contributed by atoms with Crippen LogP contribution >= 0.6 is 11.8 Å². The Balaban J connectivity index is 1.49. The van der Waals surface area contributed by atoms with E-state index in [9.17, 15) is 14.0 Å². The molecule has 0 saturated carbocycles. The van der Waals surface area contributed by atoms with Gasteiger partial charge in [0.2, 0.25) is 11.8 Å². The number of likely N-dealkylation sites (tertiary alicyclic amines) is 1. The van der Waals surface area contributed by atoms with E-state index in [1.165, 1.54) is 6.07 Å². The molecule has 1 spiro atoms. The Morgan fingerprint density at radius 1 is 1.14 bits per heavy atom. The van der Waals surface area contributed by atoms with Crippen LogP contribution in [-0.4, -0.2) is 72.6 Å². The lowest BCUT2D eigenvalue weighted by atomic mass is 9.94. The lowest BCUT2D eigenvalue weighted by molar-refractivity contribution is -0.137. The van der Waals surface area contributed by atoms with Crippen LogP contribution in [0.4, 0.5) is 4.39 Å². The minimum Gasteiger partial charge on any atom is -0.497 e. The Kier molecular flexibility index (Phi) is 8.41. The summed E-state index contributed by atoms with van der Waals surface area (Å²) in [5.74, 6) is 1.87. The molecule has 0 aromatic heterocycles. The van der Waals surface area contributed by atoms with E-state index in [0.29, 0.717) is 49.4 Å². The number of nitrogens with zero attached hydrogens (tertiary/aromatic N) is 2. The van der Waals surface area contributed by atoms with Gasteiger partial charge in [0.25, 0.3) is 0 Å². The van der Waals surface area contributed by atoms with E-state index in [1.54, 1.807) is 56.3 Å². The first kappa shape index (κ1) is 26.3. The number of carbonyl (C=O) groups excluding carboxylic acids is 2. The lowest BCUT2D eigenvalue weighted by Gasteiger charge is -2.44. The Bertz CT molecular complexity index is 1090. The number of methoxy groups -OCH3 is 2. The summed E-state index contributed by atoms with van der Waals surface area (Å²) in [6.45, 7) is 1.23. The molecule has 2 amide bonds. The van der Waals surface area contributed by atoms with E-state index in [-0.39, 0.29) is 36.6 Å². The van der Waals surface area contributed by atoms with Crippen molar-refractivity contribution in [2.24, 2.45) is 0 Å². The van der Waals surface area contributed by atoms with Gasteiger partial charge in [0, 0.05) is 37.1 Å². The first-order valence-electron chi connectivity index (χ1n) is 12.2. The van der Waals surface area contributed by atoms with Crippen LogP contribution in [0.15, 0.2) is 42.5 Å². The predicted octanol–water partition coefficient (Wildman–Crippen LogP) is 3.46. The van der Waals surface area contributed by atoms with E-state index in [4.69, 9.17) is 9.47 Å². The van der Waals surface area contributed by atoms with E-state index in [0.717, 1.165) is 11.3 Å². The van der Waals surface area contributed by atoms with Gasteiger partial charge >= 0.3 is 0 Å². The maximum absolute atomic E-state index is 14.5. The van der Waals surface area contributed by atoms with Crippen molar-refractivity contribution in [2.45, 2.75) is 43.9 Å². The minimum absolute atomic E-state index is 0.000290. The number of ether oxygens (including phenoxy) is 2. The number of amides is 2. The SMILES string of the molecule is COc1ccc(OC)c(CC(=O)N2CCC3(CC2)NC(CCSC)C(=O)N3Cc2ccccc2F)c1. The van der Waals surface area contributed by atoms with Crippen LogP contribution < -0.4 is 14.8 Å². The zero-order valence-corrected chi connectivity index (χ0v) is 21.9. The molecule has 2 aliphatic rings. The number of halogens is 1. The van der Waals surface area contributed by atoms with Crippen LogP contribution in [0.25, 0.3) is 0 Å². The zero-order chi connectivity index (χ0) is 25.7. The number of hydrogen-bond donors (Lipinski definition) is 1. The molecule has 36 heavy (non-hydrogen) atoms. The summed E-state index contributed by atoms with van der Waals surface area (Å²) in [5.41, 5.74) is 0.683. The number of rotatable bonds is 9. The van der Waals surface area contributed by atoms with Crippen LogP contribution in [0, 0.1) is 5.82 Å². The monoisotopic (exact) mass is 515 g/mol. The summed E-state index contributed by atoms with van der Waals surface area (Å²) in [6.07, 6.45) is 4.12. The van der Waals surface area contributed by atoms with E-state index in [1.807, 2.05) is 22.1 Å². The fourth-order valence-corrected chi connectivity index (χ4v) is 5.63. The van der Waals surface area contributed by atoms with Crippen molar-refractivity contribution in [3.05, 3.63) is 59.4 Å². The molecular weight excluding hydrogens is 481 g/mol. The Hall–Kier alpha value is -2.78. The van der Waals surface area contributed by atoms with Crippen molar-refractivity contribution in [1.82, 2.24) is 15.1 Å². The molecule has 7 nitrogen and oxygen atoms in total. The molecule has 2 heterocycles. The van der Waals surface area contributed by atoms with E-state index < -0.39 is 5.66 Å². The molecule has 0 radical (unpaired) electrons. The Labute approximate surface area is 216 Å². The van der Waals surface area contributed by atoms with Gasteiger partial charge in [-0.3, -0.25) is 14.9 Å². The maximum atomic E-state index is 14.5. The van der Waals surface area contributed by atoms with Gasteiger partial charge in [-0.2, -0.15) is 11.8 Å². The van der Waals surface area contributed by atoms with Crippen LogP contribution in [0.5, 0.6) is 11.5 Å². The summed E-state index contributed by atoms with van der Waals surface area (Å²) in [4.78, 5) is 30.3. The third-order valence-corrected chi connectivity index (χ3v) is 7.84. The second-order valence-corrected chi connectivity index (χ2v) is 10.2. The molecule has 2 aliphatic heterocycles. The second kappa shape index (κ2) is 11.5. The van der Waals surface area contributed by atoms with E-state index in [2.05, 4.69) is 5.32 Å². The number of piperidine rings is 1. The van der Waals surface area contributed by atoms with Crippen molar-refractivity contribution in [2.75, 3.05) is 39.3 Å². The molecule has 1 atom stereocenters. The fraction of sp³-hybridized carbons (Fsp3) is 0.481. The number of benzene rings is 2. The lowest BCUT2D eigenvalue weighted by Crippen LogP contribution is -2.59. The minimum atomic E-state index is -0.590. The van der Waals surface area contributed by atoms with Gasteiger partial charge in [0.1, 0.15) is 17.3 Å². The summed E-state index contributed by atoms with van der Waals surface area (Å²) >= 11 is 1.70.